The SMILES string of the molecule is CN(CCC[N+](C)(C)CC(=O)NCCCSSCCCNC(=O)C[N+](C)(C)CCCN(C)c1ccc(N)cc1)c1ccc(N)cc1.C[NH2+]/C=C\C(N)=C1\C=CC=CC1.C[n+]1ccc(N)c2ccccc21. The van der Waals surface area contributed by atoms with Gasteiger partial charge >= 0.3 is 0 Å². The van der Waals surface area contributed by atoms with E-state index in [9.17, 15) is 9.59 Å². The number of nitrogen functional groups attached to an aromatic ring is 3. The van der Waals surface area contributed by atoms with Gasteiger partial charge in [0.1, 0.15) is 7.05 Å². The molecular weight excluding hydrogens is 913 g/mol. The van der Waals surface area contributed by atoms with Crippen LogP contribution in [0.25, 0.3) is 10.9 Å². The second-order valence-electron chi connectivity index (χ2n) is 19.0. The van der Waals surface area contributed by atoms with E-state index in [1.54, 1.807) is 0 Å². The van der Waals surface area contributed by atoms with Gasteiger partial charge in [0.25, 0.3) is 11.8 Å². The van der Waals surface area contributed by atoms with Crippen LogP contribution in [0.1, 0.15) is 32.1 Å². The van der Waals surface area contributed by atoms with Crippen molar-refractivity contribution in [3.05, 3.63) is 133 Å². The molecule has 0 saturated carbocycles. The minimum Gasteiger partial charge on any atom is -0.399 e. The van der Waals surface area contributed by atoms with Crippen LogP contribution in [0.4, 0.5) is 28.4 Å². The van der Waals surface area contributed by atoms with Gasteiger partial charge in [-0.05, 0) is 79.4 Å². The van der Waals surface area contributed by atoms with Gasteiger partial charge in [-0.3, -0.25) is 9.59 Å². The van der Waals surface area contributed by atoms with Crippen molar-refractivity contribution in [1.29, 1.82) is 0 Å². The Balaban J connectivity index is 0.000000430. The Morgan fingerprint density at radius 2 is 1.23 bits per heavy atom. The number of aromatic nitrogens is 1. The Morgan fingerprint density at radius 1 is 0.729 bits per heavy atom. The number of pyridine rings is 1. The van der Waals surface area contributed by atoms with Crippen molar-refractivity contribution in [2.75, 3.05) is 140 Å². The van der Waals surface area contributed by atoms with Crippen LogP contribution in [0.3, 0.4) is 0 Å². The molecular formula is C54H86N12O2S2+4. The quantitative estimate of drug-likeness (QED) is 0.0149. The van der Waals surface area contributed by atoms with Crippen molar-refractivity contribution in [2.45, 2.75) is 32.1 Å². The number of carbonyl (C=O) groups is 2. The molecule has 0 atom stereocenters. The third-order valence-corrected chi connectivity index (χ3v) is 14.2. The summed E-state index contributed by atoms with van der Waals surface area (Å²) < 4.78 is 3.40. The van der Waals surface area contributed by atoms with Crippen LogP contribution in [0.2, 0.25) is 0 Å². The monoisotopic (exact) mass is 999 g/mol. The molecule has 14 nitrogen and oxygen atoms in total. The van der Waals surface area contributed by atoms with E-state index in [1.807, 2.05) is 144 Å². The first-order chi connectivity index (χ1) is 33.4. The van der Waals surface area contributed by atoms with Gasteiger partial charge in [-0.25, -0.2) is 4.57 Å². The lowest BCUT2D eigenvalue weighted by Gasteiger charge is -2.30. The number of fused-ring (bicyclic) bond motifs is 1. The number of nitrogens with zero attached hydrogens (tertiary/aromatic N) is 5. The summed E-state index contributed by atoms with van der Waals surface area (Å²) >= 11 is 0. The maximum absolute atomic E-state index is 12.5. The molecule has 0 unspecified atom stereocenters. The number of nitrogens with one attached hydrogen (secondary N) is 2. The number of amides is 2. The largest absolute Gasteiger partial charge is 0.399 e. The third-order valence-electron chi connectivity index (χ3n) is 11.7. The van der Waals surface area contributed by atoms with E-state index in [-0.39, 0.29) is 11.8 Å². The zero-order chi connectivity index (χ0) is 51.4. The Morgan fingerprint density at radius 3 is 1.69 bits per heavy atom. The number of likely N-dealkylation sites (N-methyl/N-ethyl adjacent to an activating group) is 2. The van der Waals surface area contributed by atoms with Gasteiger partial charge in [0.2, 0.25) is 5.52 Å². The van der Waals surface area contributed by atoms with Crippen molar-refractivity contribution in [3.8, 4) is 0 Å². The molecule has 0 saturated heterocycles. The summed E-state index contributed by atoms with van der Waals surface area (Å²) in [5.74, 6) is 2.20. The molecule has 12 N–H and O–H groups in total. The number of hydrogen-bond acceptors (Lipinski definition) is 10. The first kappa shape index (κ1) is 58.7. The Hall–Kier alpha value is -5.65. The molecule has 1 heterocycles. The van der Waals surface area contributed by atoms with Crippen LogP contribution in [-0.2, 0) is 16.6 Å². The van der Waals surface area contributed by atoms with Crippen LogP contribution in [0, 0.1) is 0 Å². The molecule has 1 aromatic heterocycles. The number of allylic oxidation sites excluding steroid dienone is 6. The zero-order valence-corrected chi connectivity index (χ0v) is 45.0. The zero-order valence-electron chi connectivity index (χ0n) is 43.4. The van der Waals surface area contributed by atoms with Gasteiger partial charge in [0, 0.05) is 111 Å². The maximum Gasteiger partial charge on any atom is 0.275 e. The van der Waals surface area contributed by atoms with Crippen LogP contribution in [0.15, 0.2) is 133 Å². The number of aryl methyl sites for hydroxylation is 1. The first-order valence-electron chi connectivity index (χ1n) is 24.4. The Kier molecular flexibility index (Phi) is 26.4. The standard InChI is InChI=1S/C34H58N8O2S2.C10H10N2.C10H14N2/c1-39(31-15-11-29(35)12-16-31)21-9-23-41(3,4)27-33(43)37-19-7-25-45-46-26-8-20-38-34(44)28-42(5,6)24-10-22-40(2)32-17-13-30(36)14-18-32;1-12-7-6-9(11)8-4-2-3-5-10(8)12;1-12-8-7-10(11)9-5-3-2-4-6-9/h11-18H,7-10,19-28,35-36H2,1-6H3;2-7,11H,1H3;2-5,7-8,12H,6,11H2,1H3/p+4/b;;8-7-,10-9+. The number of rotatable bonds is 25. The van der Waals surface area contributed by atoms with Crippen LogP contribution >= 0.6 is 21.6 Å². The summed E-state index contributed by atoms with van der Waals surface area (Å²) in [6.45, 7) is 6.09. The van der Waals surface area contributed by atoms with Gasteiger partial charge in [-0.2, -0.15) is 0 Å². The van der Waals surface area contributed by atoms with E-state index in [2.05, 4.69) is 85.5 Å². The van der Waals surface area contributed by atoms with Crippen LogP contribution in [0.5, 0.6) is 0 Å². The molecule has 4 aromatic rings. The fraction of sp³-hybridized carbons (Fsp3) is 0.426. The molecule has 0 spiro atoms. The molecule has 0 radical (unpaired) electrons. The third kappa shape index (κ3) is 23.8. The van der Waals surface area contributed by atoms with E-state index in [0.717, 1.165) is 115 Å². The van der Waals surface area contributed by atoms with E-state index < -0.39 is 0 Å². The minimum atomic E-state index is 0.109. The summed E-state index contributed by atoms with van der Waals surface area (Å²) in [6.07, 6.45) is 18.9. The highest BCUT2D eigenvalue weighted by atomic mass is 33.1. The Labute approximate surface area is 427 Å². The Bertz CT molecular complexity index is 2160. The summed E-state index contributed by atoms with van der Waals surface area (Å²) in [5.41, 5.74) is 31.1. The number of para-hydroxylation sites is 1. The molecule has 3 aromatic carbocycles. The molecule has 5 rings (SSSR count). The smallest absolute Gasteiger partial charge is 0.275 e. The van der Waals surface area contributed by atoms with Gasteiger partial charge in [0.15, 0.2) is 19.3 Å². The summed E-state index contributed by atoms with van der Waals surface area (Å²) in [7, 11) is 20.3. The van der Waals surface area contributed by atoms with E-state index in [1.165, 1.54) is 5.57 Å². The molecule has 1 aliphatic rings. The fourth-order valence-corrected chi connectivity index (χ4v) is 9.67. The maximum atomic E-state index is 12.5. The molecule has 70 heavy (non-hydrogen) atoms. The first-order valence-corrected chi connectivity index (χ1v) is 26.8. The highest BCUT2D eigenvalue weighted by molar-refractivity contribution is 8.76. The lowest BCUT2D eigenvalue weighted by atomic mass is 10.1. The predicted molar refractivity (Wildman–Crippen MR) is 302 cm³/mol. The predicted octanol–water partition coefficient (Wildman–Crippen LogP) is 5.42. The summed E-state index contributed by atoms with van der Waals surface area (Å²) in [4.78, 5) is 29.4. The lowest BCUT2D eigenvalue weighted by molar-refractivity contribution is -0.882. The second kappa shape index (κ2) is 31.6. The molecule has 1 aliphatic carbocycles. The fourth-order valence-electron chi connectivity index (χ4n) is 7.49. The topological polar surface area (TPSA) is 189 Å². The second-order valence-corrected chi connectivity index (χ2v) is 21.7. The summed E-state index contributed by atoms with van der Waals surface area (Å²) in [5, 5.41) is 9.25. The van der Waals surface area contributed by atoms with Crippen molar-refractivity contribution in [3.63, 3.8) is 0 Å². The number of hydrogen-bond donors (Lipinski definition) is 7. The molecule has 0 aliphatic heterocycles. The van der Waals surface area contributed by atoms with Crippen LogP contribution in [-0.4, -0.2) is 134 Å². The lowest BCUT2D eigenvalue weighted by Crippen LogP contribution is -2.72. The van der Waals surface area contributed by atoms with Crippen molar-refractivity contribution in [1.82, 2.24) is 10.6 Å². The van der Waals surface area contributed by atoms with Crippen molar-refractivity contribution >= 4 is 72.7 Å². The number of carbonyl (C=O) groups excluding carboxylic acids is 2. The van der Waals surface area contributed by atoms with E-state index in [0.29, 0.717) is 35.1 Å². The normalized spacial score (nSPS) is 13.0. The number of anilines is 5. The van der Waals surface area contributed by atoms with Crippen molar-refractivity contribution in [2.24, 2.45) is 12.8 Å². The van der Waals surface area contributed by atoms with Crippen LogP contribution < -0.4 is 53.3 Å². The van der Waals surface area contributed by atoms with Gasteiger partial charge in [-0.15, -0.1) is 0 Å². The molecule has 0 bridgehead atoms. The number of nitrogens with two attached hydrogens (primary N) is 5. The van der Waals surface area contributed by atoms with E-state index in [4.69, 9.17) is 22.9 Å². The van der Waals surface area contributed by atoms with Gasteiger partial charge in [-0.1, -0.05) is 58.0 Å². The summed E-state index contributed by atoms with van der Waals surface area (Å²) in [6, 6.07) is 25.9. The minimum absolute atomic E-state index is 0.109. The number of benzene rings is 3. The average molecular weight is 999 g/mol. The molecule has 16 heteroatoms. The average Bonchev–Trinajstić information content (AvgIpc) is 3.33. The van der Waals surface area contributed by atoms with Gasteiger partial charge in [0.05, 0.1) is 65.6 Å². The van der Waals surface area contributed by atoms with E-state index >= 15 is 0 Å². The van der Waals surface area contributed by atoms with Crippen molar-refractivity contribution < 1.29 is 28.4 Å². The molecule has 2 amide bonds. The molecule has 382 valence electrons. The van der Waals surface area contributed by atoms with Gasteiger partial charge < -0.3 is 57.7 Å². The molecule has 0 fully saturated rings. The highest BCUT2D eigenvalue weighted by Crippen LogP contribution is 2.22. The highest BCUT2D eigenvalue weighted by Gasteiger charge is 2.21. The number of quaternary nitrogens is 3.